The molecule has 108 valence electrons. The predicted octanol–water partition coefficient (Wildman–Crippen LogP) is 4.03. The molecule has 2 rings (SSSR count). The second-order valence-corrected chi connectivity index (χ2v) is 6.34. The zero-order chi connectivity index (χ0) is 15.4. The molecule has 0 fully saturated rings. The lowest BCUT2D eigenvalue weighted by molar-refractivity contribution is 0.0977. The molecule has 21 heavy (non-hydrogen) atoms. The predicted molar refractivity (Wildman–Crippen MR) is 98.8 cm³/mol. The van der Waals surface area contributed by atoms with E-state index in [-0.39, 0.29) is 5.91 Å². The van der Waals surface area contributed by atoms with Gasteiger partial charge in [-0.3, -0.25) is 10.1 Å². The average Bonchev–Trinajstić information content (AvgIpc) is 2.43. The lowest BCUT2D eigenvalue weighted by atomic mass is 10.1. The maximum atomic E-state index is 12.0. The fourth-order valence-electron chi connectivity index (χ4n) is 2.02. The van der Waals surface area contributed by atoms with E-state index in [2.05, 4.69) is 45.4 Å². The smallest absolute Gasteiger partial charge is 0.257 e. The Balaban J connectivity index is 2.08. The monoisotopic (exact) mass is 410 g/mol. The molecule has 0 heterocycles. The first kappa shape index (κ1) is 15.9. The van der Waals surface area contributed by atoms with E-state index in [9.17, 15) is 4.79 Å². The number of hydrogen-bond acceptors (Lipinski definition) is 2. The van der Waals surface area contributed by atoms with Gasteiger partial charge in [-0.1, -0.05) is 18.2 Å². The van der Waals surface area contributed by atoms with Crippen LogP contribution >= 0.6 is 34.8 Å². The molecule has 2 aromatic carbocycles. The summed E-state index contributed by atoms with van der Waals surface area (Å²) in [5, 5.41) is 6.10. The summed E-state index contributed by atoms with van der Waals surface area (Å²) in [5.41, 5.74) is 3.71. The number of hydrogen-bond donors (Lipinski definition) is 2. The average molecular weight is 410 g/mol. The van der Waals surface area contributed by atoms with Crippen LogP contribution in [0.5, 0.6) is 0 Å². The Kier molecular flexibility index (Phi) is 5.30. The normalized spacial score (nSPS) is 10.0. The molecule has 0 atom stereocenters. The third-order valence-electron chi connectivity index (χ3n) is 3.00. The van der Waals surface area contributed by atoms with Gasteiger partial charge in [-0.15, -0.1) is 0 Å². The van der Waals surface area contributed by atoms with Crippen molar-refractivity contribution in [2.45, 2.75) is 13.8 Å². The summed E-state index contributed by atoms with van der Waals surface area (Å²) in [5.74, 6) is -0.214. The molecule has 5 heteroatoms. The SMILES string of the molecule is Cc1cc(I)cc(C)c1NC(=S)NC(=O)c1ccccc1. The van der Waals surface area contributed by atoms with Gasteiger partial charge >= 0.3 is 0 Å². The Hall–Kier alpha value is -1.47. The number of carbonyl (C=O) groups excluding carboxylic acids is 1. The van der Waals surface area contributed by atoms with E-state index < -0.39 is 0 Å². The first-order valence-electron chi connectivity index (χ1n) is 6.41. The maximum absolute atomic E-state index is 12.0. The Labute approximate surface area is 143 Å². The van der Waals surface area contributed by atoms with E-state index >= 15 is 0 Å². The number of anilines is 1. The Morgan fingerprint density at radius 3 is 2.24 bits per heavy atom. The first-order chi connectivity index (χ1) is 9.97. The molecule has 0 radical (unpaired) electrons. The molecule has 0 unspecified atom stereocenters. The van der Waals surface area contributed by atoms with Gasteiger partial charge in [0.15, 0.2) is 5.11 Å². The van der Waals surface area contributed by atoms with Crippen molar-refractivity contribution >= 4 is 51.5 Å². The van der Waals surface area contributed by atoms with Crippen molar-refractivity contribution in [1.29, 1.82) is 0 Å². The number of carbonyl (C=O) groups is 1. The maximum Gasteiger partial charge on any atom is 0.257 e. The molecule has 3 nitrogen and oxygen atoms in total. The van der Waals surface area contributed by atoms with E-state index in [1.54, 1.807) is 12.1 Å². The quantitative estimate of drug-likeness (QED) is 0.580. The molecule has 2 N–H and O–H groups in total. The van der Waals surface area contributed by atoms with Gasteiger partial charge in [0.2, 0.25) is 0 Å². The van der Waals surface area contributed by atoms with Crippen LogP contribution in [0, 0.1) is 17.4 Å². The fourth-order valence-corrected chi connectivity index (χ4v) is 3.15. The van der Waals surface area contributed by atoms with Gasteiger partial charge in [0.1, 0.15) is 0 Å². The highest BCUT2D eigenvalue weighted by atomic mass is 127. The van der Waals surface area contributed by atoms with Crippen LogP contribution in [0.25, 0.3) is 0 Å². The Morgan fingerprint density at radius 2 is 1.67 bits per heavy atom. The fraction of sp³-hybridized carbons (Fsp3) is 0.125. The topological polar surface area (TPSA) is 41.1 Å². The van der Waals surface area contributed by atoms with E-state index in [1.807, 2.05) is 32.0 Å². The number of aryl methyl sites for hydroxylation is 2. The van der Waals surface area contributed by atoms with Crippen LogP contribution in [0.4, 0.5) is 5.69 Å². The minimum atomic E-state index is -0.214. The highest BCUT2D eigenvalue weighted by molar-refractivity contribution is 14.1. The molecule has 0 saturated carbocycles. The van der Waals surface area contributed by atoms with Crippen LogP contribution in [-0.4, -0.2) is 11.0 Å². The summed E-state index contributed by atoms with van der Waals surface area (Å²) < 4.78 is 1.17. The Bertz CT molecular complexity index is 663. The van der Waals surface area contributed by atoms with Gasteiger partial charge in [-0.25, -0.2) is 0 Å². The summed E-state index contributed by atoms with van der Waals surface area (Å²) in [6.45, 7) is 4.03. The number of nitrogens with one attached hydrogen (secondary N) is 2. The zero-order valence-electron chi connectivity index (χ0n) is 11.7. The van der Waals surface area contributed by atoms with Crippen molar-refractivity contribution < 1.29 is 4.79 Å². The number of benzene rings is 2. The van der Waals surface area contributed by atoms with Crippen molar-refractivity contribution in [2.75, 3.05) is 5.32 Å². The molecule has 0 aliphatic heterocycles. The van der Waals surface area contributed by atoms with Crippen LogP contribution in [0.1, 0.15) is 21.5 Å². The second kappa shape index (κ2) is 7.00. The molecule has 0 aliphatic rings. The minimum Gasteiger partial charge on any atom is -0.332 e. The lowest BCUT2D eigenvalue weighted by Crippen LogP contribution is -2.34. The van der Waals surface area contributed by atoms with Gasteiger partial charge in [0.25, 0.3) is 5.91 Å². The third kappa shape index (κ3) is 4.25. The number of thiocarbonyl (C=S) groups is 1. The van der Waals surface area contributed by atoms with E-state index in [4.69, 9.17) is 12.2 Å². The van der Waals surface area contributed by atoms with Gasteiger partial charge in [-0.2, -0.15) is 0 Å². The molecule has 0 saturated heterocycles. The second-order valence-electron chi connectivity index (χ2n) is 4.69. The van der Waals surface area contributed by atoms with Crippen LogP contribution in [-0.2, 0) is 0 Å². The number of halogens is 1. The van der Waals surface area contributed by atoms with Crippen molar-refractivity contribution in [3.63, 3.8) is 0 Å². The van der Waals surface area contributed by atoms with Crippen molar-refractivity contribution in [3.05, 3.63) is 62.7 Å². The summed E-state index contributed by atoms with van der Waals surface area (Å²) in [6.07, 6.45) is 0. The number of amides is 1. The highest BCUT2D eigenvalue weighted by Crippen LogP contribution is 2.23. The van der Waals surface area contributed by atoms with Gasteiger partial charge in [0, 0.05) is 14.8 Å². The molecule has 0 spiro atoms. The molecule has 1 amide bonds. The van der Waals surface area contributed by atoms with Crippen LogP contribution < -0.4 is 10.6 Å². The van der Waals surface area contributed by atoms with Crippen molar-refractivity contribution in [3.8, 4) is 0 Å². The Morgan fingerprint density at radius 1 is 1.10 bits per heavy atom. The summed E-state index contributed by atoms with van der Waals surface area (Å²) in [4.78, 5) is 12.0. The van der Waals surface area contributed by atoms with E-state index in [0.717, 1.165) is 16.8 Å². The molecule has 0 aromatic heterocycles. The van der Waals surface area contributed by atoms with E-state index in [1.165, 1.54) is 3.57 Å². The van der Waals surface area contributed by atoms with Crippen LogP contribution in [0.3, 0.4) is 0 Å². The summed E-state index contributed by atoms with van der Waals surface area (Å²) >= 11 is 7.50. The van der Waals surface area contributed by atoms with Gasteiger partial charge in [-0.05, 0) is 84.0 Å². The zero-order valence-corrected chi connectivity index (χ0v) is 14.7. The standard InChI is InChI=1S/C16H15IN2OS/c1-10-8-13(17)9-11(2)14(10)18-16(21)19-15(20)12-6-4-3-5-7-12/h3-9H,1-2H3,(H2,18,19,20,21). The molecule has 2 aromatic rings. The van der Waals surface area contributed by atoms with Gasteiger partial charge in [0.05, 0.1) is 0 Å². The molecular weight excluding hydrogens is 395 g/mol. The largest absolute Gasteiger partial charge is 0.332 e. The lowest BCUT2D eigenvalue weighted by Gasteiger charge is -2.14. The van der Waals surface area contributed by atoms with Crippen molar-refractivity contribution in [1.82, 2.24) is 5.32 Å². The molecule has 0 bridgehead atoms. The van der Waals surface area contributed by atoms with E-state index in [0.29, 0.717) is 10.7 Å². The van der Waals surface area contributed by atoms with Gasteiger partial charge < -0.3 is 5.32 Å². The molecular formula is C16H15IN2OS. The number of rotatable bonds is 2. The first-order valence-corrected chi connectivity index (χ1v) is 7.90. The minimum absolute atomic E-state index is 0.214. The summed E-state index contributed by atoms with van der Waals surface area (Å²) in [7, 11) is 0. The van der Waals surface area contributed by atoms with Crippen LogP contribution in [0.2, 0.25) is 0 Å². The third-order valence-corrected chi connectivity index (χ3v) is 3.83. The highest BCUT2D eigenvalue weighted by Gasteiger charge is 2.10. The molecule has 0 aliphatic carbocycles. The van der Waals surface area contributed by atoms with Crippen molar-refractivity contribution in [2.24, 2.45) is 0 Å². The summed E-state index contributed by atoms with van der Waals surface area (Å²) in [6, 6.07) is 13.1. The van der Waals surface area contributed by atoms with Crippen LogP contribution in [0.15, 0.2) is 42.5 Å².